The van der Waals surface area contributed by atoms with Crippen molar-refractivity contribution in [2.45, 2.75) is 6.18 Å². The van der Waals surface area contributed by atoms with Crippen LogP contribution in [0.25, 0.3) is 27.7 Å². The number of H-pyrrole nitrogens is 1. The topological polar surface area (TPSA) is 68.9 Å². The fourth-order valence-electron chi connectivity index (χ4n) is 2.80. The second kappa shape index (κ2) is 6.39. The highest BCUT2D eigenvalue weighted by Crippen LogP contribution is 2.28. The average Bonchev–Trinajstić information content (AvgIpc) is 3.27. The van der Waals surface area contributed by atoms with Crippen molar-refractivity contribution in [2.75, 3.05) is 12.3 Å². The minimum Gasteiger partial charge on any atom is -0.484 e. The highest BCUT2D eigenvalue weighted by atomic mass is 19.4. The van der Waals surface area contributed by atoms with E-state index >= 15 is 0 Å². The van der Waals surface area contributed by atoms with Gasteiger partial charge in [-0.1, -0.05) is 6.07 Å². The van der Waals surface area contributed by atoms with Crippen LogP contribution in [0.1, 0.15) is 0 Å². The normalized spacial score (nSPS) is 11.8. The molecule has 8 heteroatoms. The SMILES string of the molecule is Nc1c[nH]c2ccc(-c3cnn(-c4ccc(OCC(F)(F)F)cc4)c3)cc12. The maximum absolute atomic E-state index is 12.2. The first-order valence-electron chi connectivity index (χ1n) is 8.11. The van der Waals surface area contributed by atoms with Crippen LogP contribution in [0.4, 0.5) is 18.9 Å². The molecule has 3 N–H and O–H groups in total. The zero-order valence-corrected chi connectivity index (χ0v) is 14.0. The number of benzene rings is 2. The van der Waals surface area contributed by atoms with Gasteiger partial charge in [0.25, 0.3) is 0 Å². The van der Waals surface area contributed by atoms with Crippen LogP contribution in [0.5, 0.6) is 5.75 Å². The van der Waals surface area contributed by atoms with Crippen molar-refractivity contribution in [3.8, 4) is 22.6 Å². The van der Waals surface area contributed by atoms with Gasteiger partial charge in [-0.3, -0.25) is 0 Å². The van der Waals surface area contributed by atoms with Gasteiger partial charge < -0.3 is 15.5 Å². The maximum Gasteiger partial charge on any atom is 0.422 e. The van der Waals surface area contributed by atoms with Crippen molar-refractivity contribution >= 4 is 16.6 Å². The molecule has 2 aromatic heterocycles. The molecule has 0 aliphatic heterocycles. The summed E-state index contributed by atoms with van der Waals surface area (Å²) in [5.41, 5.74) is 10.2. The Labute approximate surface area is 152 Å². The van der Waals surface area contributed by atoms with E-state index in [9.17, 15) is 13.2 Å². The second-order valence-corrected chi connectivity index (χ2v) is 6.08. The van der Waals surface area contributed by atoms with E-state index in [0.29, 0.717) is 11.4 Å². The molecule has 0 atom stereocenters. The van der Waals surface area contributed by atoms with Crippen molar-refractivity contribution < 1.29 is 17.9 Å². The van der Waals surface area contributed by atoms with Crippen molar-refractivity contribution in [1.29, 1.82) is 0 Å². The van der Waals surface area contributed by atoms with E-state index in [1.54, 1.807) is 29.2 Å². The molecule has 0 aliphatic carbocycles. The van der Waals surface area contributed by atoms with Crippen molar-refractivity contribution in [1.82, 2.24) is 14.8 Å². The van der Waals surface area contributed by atoms with Gasteiger partial charge in [-0.05, 0) is 42.0 Å². The Morgan fingerprint density at radius 2 is 1.85 bits per heavy atom. The number of aromatic amines is 1. The third-order valence-corrected chi connectivity index (χ3v) is 4.13. The number of halogens is 3. The van der Waals surface area contributed by atoms with Crippen LogP contribution in [-0.2, 0) is 0 Å². The fourth-order valence-corrected chi connectivity index (χ4v) is 2.80. The molecule has 0 saturated carbocycles. The van der Waals surface area contributed by atoms with Crippen LogP contribution in [0, 0.1) is 0 Å². The number of anilines is 1. The van der Waals surface area contributed by atoms with Crippen LogP contribution in [0.15, 0.2) is 61.1 Å². The number of nitrogens with zero attached hydrogens (tertiary/aromatic N) is 2. The highest BCUT2D eigenvalue weighted by molar-refractivity contribution is 5.94. The average molecular weight is 372 g/mol. The fraction of sp³-hybridized carbons (Fsp3) is 0.105. The lowest BCUT2D eigenvalue weighted by Gasteiger charge is -2.09. The molecule has 0 aliphatic rings. The molecule has 4 aromatic rings. The van der Waals surface area contributed by atoms with Gasteiger partial charge in [0.2, 0.25) is 0 Å². The van der Waals surface area contributed by atoms with Crippen LogP contribution in [-0.4, -0.2) is 27.5 Å². The number of fused-ring (bicyclic) bond motifs is 1. The van der Waals surface area contributed by atoms with Crippen LogP contribution < -0.4 is 10.5 Å². The molecule has 2 aromatic carbocycles. The minimum absolute atomic E-state index is 0.150. The zero-order chi connectivity index (χ0) is 19.0. The standard InChI is InChI=1S/C19H15F3N4O/c20-19(21,22)11-27-15-4-2-14(3-5-15)26-10-13(8-25-26)12-1-6-18-16(7-12)17(23)9-24-18/h1-10,24H,11,23H2. The summed E-state index contributed by atoms with van der Waals surface area (Å²) in [6.45, 7) is -1.32. The summed E-state index contributed by atoms with van der Waals surface area (Å²) in [5, 5.41) is 5.26. The summed E-state index contributed by atoms with van der Waals surface area (Å²) < 4.78 is 43.0. The van der Waals surface area contributed by atoms with Gasteiger partial charge >= 0.3 is 6.18 Å². The Hall–Kier alpha value is -3.42. The lowest BCUT2D eigenvalue weighted by atomic mass is 10.1. The Morgan fingerprint density at radius 3 is 2.59 bits per heavy atom. The number of rotatable bonds is 4. The van der Waals surface area contributed by atoms with E-state index < -0.39 is 12.8 Å². The molecule has 0 saturated heterocycles. The smallest absolute Gasteiger partial charge is 0.422 e. The van der Waals surface area contributed by atoms with Gasteiger partial charge in [-0.2, -0.15) is 18.3 Å². The molecule has 0 bridgehead atoms. The number of ether oxygens (including phenoxy) is 1. The summed E-state index contributed by atoms with van der Waals surface area (Å²) in [5.74, 6) is 0.150. The van der Waals surface area contributed by atoms with Gasteiger partial charge in [0.1, 0.15) is 5.75 Å². The molecule has 2 heterocycles. The lowest BCUT2D eigenvalue weighted by Crippen LogP contribution is -2.19. The van der Waals surface area contributed by atoms with Gasteiger partial charge in [-0.15, -0.1) is 0 Å². The first-order chi connectivity index (χ1) is 12.9. The molecule has 0 unspecified atom stereocenters. The minimum atomic E-state index is -4.36. The highest BCUT2D eigenvalue weighted by Gasteiger charge is 2.28. The number of hydrogen-bond donors (Lipinski definition) is 2. The number of aromatic nitrogens is 3. The molecule has 5 nitrogen and oxygen atoms in total. The summed E-state index contributed by atoms with van der Waals surface area (Å²) in [7, 11) is 0. The third kappa shape index (κ3) is 3.59. The summed E-state index contributed by atoms with van der Waals surface area (Å²) in [4.78, 5) is 3.09. The number of nitrogen functional groups attached to an aromatic ring is 1. The molecule has 0 amide bonds. The predicted octanol–water partition coefficient (Wildman–Crippen LogP) is 4.54. The van der Waals surface area contributed by atoms with E-state index in [2.05, 4.69) is 10.1 Å². The van der Waals surface area contributed by atoms with Gasteiger partial charge in [0.05, 0.1) is 17.6 Å². The first-order valence-corrected chi connectivity index (χ1v) is 8.11. The molecular formula is C19H15F3N4O. The molecule has 0 spiro atoms. The zero-order valence-electron chi connectivity index (χ0n) is 14.0. The molecule has 0 radical (unpaired) electrons. The first kappa shape index (κ1) is 17.0. The van der Waals surface area contributed by atoms with Crippen molar-refractivity contribution in [2.24, 2.45) is 0 Å². The third-order valence-electron chi connectivity index (χ3n) is 4.13. The number of nitrogens with two attached hydrogens (primary N) is 1. The lowest BCUT2D eigenvalue weighted by molar-refractivity contribution is -0.153. The van der Waals surface area contributed by atoms with E-state index in [0.717, 1.165) is 22.0 Å². The van der Waals surface area contributed by atoms with Crippen molar-refractivity contribution in [3.63, 3.8) is 0 Å². The van der Waals surface area contributed by atoms with Crippen LogP contribution >= 0.6 is 0 Å². The summed E-state index contributed by atoms with van der Waals surface area (Å²) in [6, 6.07) is 12.2. The van der Waals surface area contributed by atoms with Crippen LogP contribution in [0.2, 0.25) is 0 Å². The molecule has 0 fully saturated rings. The van der Waals surface area contributed by atoms with E-state index in [1.165, 1.54) is 12.1 Å². The number of hydrogen-bond acceptors (Lipinski definition) is 3. The van der Waals surface area contributed by atoms with Crippen molar-refractivity contribution in [3.05, 3.63) is 61.1 Å². The monoisotopic (exact) mass is 372 g/mol. The maximum atomic E-state index is 12.2. The number of nitrogens with one attached hydrogen (secondary N) is 1. The Bertz CT molecular complexity index is 1080. The Kier molecular flexibility index (Phi) is 4.02. The molecule has 4 rings (SSSR count). The van der Waals surface area contributed by atoms with Crippen LogP contribution in [0.3, 0.4) is 0 Å². The predicted molar refractivity (Wildman–Crippen MR) is 96.8 cm³/mol. The number of alkyl halides is 3. The molecular weight excluding hydrogens is 357 g/mol. The largest absolute Gasteiger partial charge is 0.484 e. The summed E-state index contributed by atoms with van der Waals surface area (Å²) >= 11 is 0. The van der Waals surface area contributed by atoms with Gasteiger partial charge in [0.15, 0.2) is 6.61 Å². The van der Waals surface area contributed by atoms with E-state index in [4.69, 9.17) is 10.5 Å². The van der Waals surface area contributed by atoms with E-state index in [-0.39, 0.29) is 5.75 Å². The van der Waals surface area contributed by atoms with Gasteiger partial charge in [-0.25, -0.2) is 4.68 Å². The Balaban J connectivity index is 1.55. The quantitative estimate of drug-likeness (QED) is 0.552. The molecule has 27 heavy (non-hydrogen) atoms. The molecule has 138 valence electrons. The summed E-state index contributed by atoms with van der Waals surface area (Å²) in [6.07, 6.45) is 0.952. The van der Waals surface area contributed by atoms with E-state index in [1.807, 2.05) is 24.4 Å². The van der Waals surface area contributed by atoms with Gasteiger partial charge in [0, 0.05) is 28.9 Å². The second-order valence-electron chi connectivity index (χ2n) is 6.08. The Morgan fingerprint density at radius 1 is 1.07 bits per heavy atom.